The molecule has 0 bridgehead atoms. The van der Waals surface area contributed by atoms with Gasteiger partial charge in [0.15, 0.2) is 0 Å². The molecule has 3 aliphatic heterocycles. The highest BCUT2D eigenvalue weighted by Gasteiger charge is 2.41. The molecule has 0 N–H and O–H groups in total. The molecule has 0 aliphatic carbocycles. The van der Waals surface area contributed by atoms with Gasteiger partial charge >= 0.3 is 0 Å². The Hall–Kier alpha value is -4.85. The van der Waals surface area contributed by atoms with Gasteiger partial charge in [0.05, 0.1) is 22.7 Å². The number of fused-ring (bicyclic) bond motifs is 7. The summed E-state index contributed by atoms with van der Waals surface area (Å²) in [5.41, 5.74) is 14.0. The van der Waals surface area contributed by atoms with E-state index in [4.69, 9.17) is 0 Å². The highest BCUT2D eigenvalue weighted by molar-refractivity contribution is 7.79. The molecule has 0 amide bonds. The van der Waals surface area contributed by atoms with Crippen molar-refractivity contribution in [3.8, 4) is 11.1 Å². The monoisotopic (exact) mass is 642 g/mol. The fourth-order valence-electron chi connectivity index (χ4n) is 8.75. The Morgan fingerprint density at radius 2 is 0.792 bits per heavy atom. The van der Waals surface area contributed by atoms with Gasteiger partial charge in [-0.3, -0.25) is 0 Å². The second kappa shape index (κ2) is 10.1. The minimum atomic E-state index is -2.79. The van der Waals surface area contributed by atoms with Gasteiger partial charge in [0.2, 0.25) is 0 Å². The first-order chi connectivity index (χ1) is 23.2. The van der Waals surface area contributed by atoms with Gasteiger partial charge in [-0.15, -0.1) is 0 Å². The Bertz CT molecular complexity index is 2090. The minimum absolute atomic E-state index is 0.130. The van der Waals surface area contributed by atoms with E-state index in [0.29, 0.717) is 6.16 Å². The van der Waals surface area contributed by atoms with Crippen LogP contribution in [0.4, 0.5) is 34.1 Å². The molecule has 3 aliphatic rings. The van der Waals surface area contributed by atoms with Crippen molar-refractivity contribution in [2.75, 3.05) is 16.0 Å². The number of para-hydroxylation sites is 4. The first-order valence-corrected chi connectivity index (χ1v) is 18.9. The summed E-state index contributed by atoms with van der Waals surface area (Å²) in [4.78, 5) is 4.79. The molecule has 0 radical (unpaired) electrons. The molecule has 0 aromatic heterocycles. The topological polar surface area (TPSA) is 23.6 Å². The fourth-order valence-corrected chi connectivity index (χ4v) is 11.5. The molecule has 4 heteroatoms. The molecule has 236 valence electrons. The van der Waals surface area contributed by atoms with Gasteiger partial charge in [0.25, 0.3) is 0 Å². The highest BCUT2D eigenvalue weighted by Crippen LogP contribution is 2.58. The van der Waals surface area contributed by atoms with Crippen LogP contribution in [0, 0.1) is 0 Å². The number of hydrogen-bond donors (Lipinski definition) is 0. The average molecular weight is 643 g/mol. The lowest BCUT2D eigenvalue weighted by molar-refractivity contribution is 0.588. The summed E-state index contributed by atoms with van der Waals surface area (Å²) in [5, 5.41) is 1.95. The van der Waals surface area contributed by atoms with Crippen LogP contribution < -0.4 is 20.4 Å². The number of benzene rings is 6. The lowest BCUT2D eigenvalue weighted by Crippen LogP contribution is -2.30. The summed E-state index contributed by atoms with van der Waals surface area (Å²) in [5.74, 6) is 0. The van der Waals surface area contributed by atoms with E-state index < -0.39 is 7.14 Å². The third-order valence-electron chi connectivity index (χ3n) is 11.3. The van der Waals surface area contributed by atoms with Gasteiger partial charge in [0, 0.05) is 39.0 Å². The predicted molar refractivity (Wildman–Crippen MR) is 203 cm³/mol. The van der Waals surface area contributed by atoms with E-state index in [-0.39, 0.29) is 10.8 Å². The zero-order valence-corrected chi connectivity index (χ0v) is 29.1. The minimum Gasteiger partial charge on any atom is -0.314 e. The summed E-state index contributed by atoms with van der Waals surface area (Å²) < 4.78 is 14.9. The van der Waals surface area contributed by atoms with Crippen LogP contribution in [0.25, 0.3) is 11.1 Å². The van der Waals surface area contributed by atoms with Crippen LogP contribution in [0.3, 0.4) is 0 Å². The zero-order chi connectivity index (χ0) is 33.0. The molecule has 0 unspecified atom stereocenters. The van der Waals surface area contributed by atoms with Crippen LogP contribution in [0.5, 0.6) is 0 Å². The van der Waals surface area contributed by atoms with E-state index in [9.17, 15) is 4.57 Å². The third-order valence-corrected chi connectivity index (χ3v) is 14.5. The SMILES string of the molecule is CCP1(=O)c2ccc(N3c4ccccc4C(C)(C)c4ccccc43)cc2-c2cc(N3c4ccccc4C(C)(C)c4ccccc43)ccc21. The Labute approximate surface area is 283 Å². The van der Waals surface area contributed by atoms with Crippen molar-refractivity contribution in [2.45, 2.75) is 45.4 Å². The molecule has 3 nitrogen and oxygen atoms in total. The predicted octanol–water partition coefficient (Wildman–Crippen LogP) is 11.2. The summed E-state index contributed by atoms with van der Waals surface area (Å²) in [7, 11) is -2.79. The molecule has 0 saturated carbocycles. The van der Waals surface area contributed by atoms with Gasteiger partial charge in [-0.05, 0) is 94.0 Å². The Balaban J connectivity index is 1.26. The molecule has 6 aromatic carbocycles. The van der Waals surface area contributed by atoms with Crippen LogP contribution in [0.2, 0.25) is 0 Å². The van der Waals surface area contributed by atoms with Crippen molar-refractivity contribution in [2.24, 2.45) is 0 Å². The van der Waals surface area contributed by atoms with Gasteiger partial charge in [0.1, 0.15) is 7.14 Å². The molecule has 0 spiro atoms. The van der Waals surface area contributed by atoms with E-state index >= 15 is 0 Å². The first kappa shape index (κ1) is 29.3. The van der Waals surface area contributed by atoms with Gasteiger partial charge < -0.3 is 14.4 Å². The van der Waals surface area contributed by atoms with Crippen LogP contribution in [-0.4, -0.2) is 6.16 Å². The molecule has 0 fully saturated rings. The Morgan fingerprint density at radius 3 is 1.10 bits per heavy atom. The second-order valence-electron chi connectivity index (χ2n) is 14.4. The first-order valence-electron chi connectivity index (χ1n) is 17.0. The quantitative estimate of drug-likeness (QED) is 0.180. The van der Waals surface area contributed by atoms with Crippen molar-refractivity contribution in [3.05, 3.63) is 156 Å². The third kappa shape index (κ3) is 3.80. The van der Waals surface area contributed by atoms with E-state index in [0.717, 1.165) is 33.1 Å². The maximum absolute atomic E-state index is 14.9. The van der Waals surface area contributed by atoms with E-state index in [2.05, 4.69) is 178 Å². The Kier molecular flexibility index (Phi) is 6.15. The molecular formula is C44H39N2OP. The van der Waals surface area contributed by atoms with E-state index in [1.807, 2.05) is 0 Å². The number of anilines is 6. The summed E-state index contributed by atoms with van der Waals surface area (Å²) >= 11 is 0. The lowest BCUT2D eigenvalue weighted by Gasteiger charge is -2.42. The molecular weight excluding hydrogens is 603 g/mol. The zero-order valence-electron chi connectivity index (χ0n) is 28.2. The molecule has 0 saturated heterocycles. The van der Waals surface area contributed by atoms with Crippen molar-refractivity contribution in [1.82, 2.24) is 0 Å². The largest absolute Gasteiger partial charge is 0.314 e. The van der Waals surface area contributed by atoms with Gasteiger partial charge in [-0.25, -0.2) is 0 Å². The van der Waals surface area contributed by atoms with Gasteiger partial charge in [-0.1, -0.05) is 107 Å². The van der Waals surface area contributed by atoms with Crippen molar-refractivity contribution in [3.63, 3.8) is 0 Å². The van der Waals surface area contributed by atoms with Crippen LogP contribution in [0.1, 0.15) is 56.9 Å². The fraction of sp³-hybridized carbons (Fsp3) is 0.182. The molecule has 3 heterocycles. The summed E-state index contributed by atoms with van der Waals surface area (Å²) in [6, 6.07) is 48.3. The lowest BCUT2D eigenvalue weighted by atomic mass is 9.73. The maximum Gasteiger partial charge on any atom is 0.144 e. The second-order valence-corrected chi connectivity index (χ2v) is 17.5. The van der Waals surface area contributed by atoms with E-state index in [1.165, 1.54) is 45.0 Å². The molecule has 48 heavy (non-hydrogen) atoms. The average Bonchev–Trinajstić information content (AvgIpc) is 3.36. The van der Waals surface area contributed by atoms with Crippen LogP contribution in [-0.2, 0) is 15.4 Å². The maximum atomic E-state index is 14.9. The van der Waals surface area contributed by atoms with Crippen LogP contribution >= 0.6 is 7.14 Å². The smallest absolute Gasteiger partial charge is 0.144 e. The van der Waals surface area contributed by atoms with Crippen LogP contribution in [0.15, 0.2) is 133 Å². The standard InChI is InChI=1S/C44H39N2OP/c1-6-48(47)41-25-23-29(45-37-19-11-7-15-33(37)43(2,3)34-16-8-12-20-38(34)45)27-31(41)32-28-30(24-26-42(32)48)46-39-21-13-9-17-35(39)44(4,5)36-18-10-14-22-40(36)46/h7-28H,6H2,1-5H3. The summed E-state index contributed by atoms with van der Waals surface area (Å²) in [6.45, 7) is 11.3. The van der Waals surface area contributed by atoms with Gasteiger partial charge in [-0.2, -0.15) is 0 Å². The summed E-state index contributed by atoms with van der Waals surface area (Å²) in [6.07, 6.45) is 0.596. The number of rotatable bonds is 3. The van der Waals surface area contributed by atoms with Crippen molar-refractivity contribution in [1.29, 1.82) is 0 Å². The van der Waals surface area contributed by atoms with E-state index in [1.54, 1.807) is 0 Å². The molecule has 6 aromatic rings. The normalized spacial score (nSPS) is 17.0. The number of hydrogen-bond acceptors (Lipinski definition) is 3. The highest BCUT2D eigenvalue weighted by atomic mass is 31.2. The van der Waals surface area contributed by atoms with Crippen molar-refractivity contribution < 1.29 is 4.57 Å². The molecule has 9 rings (SSSR count). The van der Waals surface area contributed by atoms with Crippen molar-refractivity contribution >= 4 is 51.9 Å². The molecule has 0 atom stereocenters. The Morgan fingerprint density at radius 1 is 0.479 bits per heavy atom. The number of nitrogens with zero attached hydrogens (tertiary/aromatic N) is 2.